The van der Waals surface area contributed by atoms with Crippen LogP contribution in [-0.2, 0) is 0 Å². The van der Waals surface area contributed by atoms with E-state index in [1.807, 2.05) is 0 Å². The standard InChI is InChI=1S/C4H3N9/c5-3-1-2(7-10-6-1)4-8-11-12-13(4)9-3/h(H2,5,9)(H,6,7,10). The second-order valence-corrected chi connectivity index (χ2v) is 2.41. The predicted octanol–water partition coefficient (Wildman–Crippen LogP) is -1.63. The maximum atomic E-state index is 5.58. The van der Waals surface area contributed by atoms with Crippen molar-refractivity contribution >= 4 is 22.5 Å². The summed E-state index contributed by atoms with van der Waals surface area (Å²) in [4.78, 5) is 0. The van der Waals surface area contributed by atoms with Crippen molar-refractivity contribution in [3.63, 3.8) is 0 Å². The molecule has 3 aromatic heterocycles. The van der Waals surface area contributed by atoms with Crippen molar-refractivity contribution in [2.75, 3.05) is 5.73 Å². The average molecular weight is 177 g/mol. The average Bonchev–Trinajstić information content (AvgIpc) is 2.66. The Labute approximate surface area is 69.9 Å². The molecule has 0 saturated heterocycles. The molecule has 0 unspecified atom stereocenters. The molecule has 0 amide bonds. The smallest absolute Gasteiger partial charge is 0.227 e. The molecule has 0 aliphatic rings. The number of nitrogens with zero attached hydrogens (tertiary/aromatic N) is 7. The monoisotopic (exact) mass is 177 g/mol. The van der Waals surface area contributed by atoms with Gasteiger partial charge in [-0.25, -0.2) is 0 Å². The molecule has 3 N–H and O–H groups in total. The summed E-state index contributed by atoms with van der Waals surface area (Å²) in [6.07, 6.45) is 0. The van der Waals surface area contributed by atoms with E-state index in [-0.39, 0.29) is 5.82 Å². The van der Waals surface area contributed by atoms with Gasteiger partial charge in [-0.05, 0) is 10.4 Å². The molecule has 0 saturated carbocycles. The first kappa shape index (κ1) is 6.22. The summed E-state index contributed by atoms with van der Waals surface area (Å²) in [5.41, 5.74) is 7.08. The number of nitrogen functional groups attached to an aromatic ring is 1. The fourth-order valence-electron chi connectivity index (χ4n) is 1.11. The molecule has 64 valence electrons. The number of hydrogen-bond donors (Lipinski definition) is 2. The van der Waals surface area contributed by atoms with Gasteiger partial charge in [-0.1, -0.05) is 5.21 Å². The van der Waals surface area contributed by atoms with E-state index in [9.17, 15) is 0 Å². The first-order valence-corrected chi connectivity index (χ1v) is 3.41. The number of aromatic amines is 1. The number of H-pyrrole nitrogens is 1. The lowest BCUT2D eigenvalue weighted by atomic mass is 10.4. The minimum Gasteiger partial charge on any atom is -0.380 e. The minimum absolute atomic E-state index is 0.239. The van der Waals surface area contributed by atoms with Crippen molar-refractivity contribution in [3.8, 4) is 0 Å². The largest absolute Gasteiger partial charge is 0.380 e. The zero-order valence-electron chi connectivity index (χ0n) is 6.21. The number of nitrogens with one attached hydrogen (secondary N) is 1. The molecule has 0 fully saturated rings. The van der Waals surface area contributed by atoms with Gasteiger partial charge in [0.2, 0.25) is 5.65 Å². The van der Waals surface area contributed by atoms with Crippen LogP contribution >= 0.6 is 0 Å². The number of rotatable bonds is 0. The molecule has 3 rings (SSSR count). The molecule has 3 heterocycles. The van der Waals surface area contributed by atoms with Crippen LogP contribution in [0.3, 0.4) is 0 Å². The van der Waals surface area contributed by atoms with Crippen LogP contribution in [0.5, 0.6) is 0 Å². The fourth-order valence-corrected chi connectivity index (χ4v) is 1.11. The maximum absolute atomic E-state index is 5.58. The fraction of sp³-hybridized carbons (Fsp3) is 0. The van der Waals surface area contributed by atoms with Crippen LogP contribution in [0, 0.1) is 0 Å². The maximum Gasteiger partial charge on any atom is 0.227 e. The van der Waals surface area contributed by atoms with E-state index in [0.717, 1.165) is 0 Å². The molecule has 0 spiro atoms. The topological polar surface area (TPSA) is 124 Å². The SMILES string of the molecule is Nc1nn2nnnc2c2[nH]nnc12. The Bertz CT molecular complexity index is 575. The third kappa shape index (κ3) is 0.648. The van der Waals surface area contributed by atoms with E-state index < -0.39 is 0 Å². The molecule has 9 heteroatoms. The Balaban J connectivity index is 2.70. The zero-order chi connectivity index (χ0) is 8.84. The molecule has 0 bridgehead atoms. The highest BCUT2D eigenvalue weighted by Crippen LogP contribution is 2.15. The molecular formula is C4H3N9. The van der Waals surface area contributed by atoms with Crippen molar-refractivity contribution in [2.45, 2.75) is 0 Å². The minimum atomic E-state index is 0.239. The lowest BCUT2D eigenvalue weighted by molar-refractivity contribution is 0.740. The van der Waals surface area contributed by atoms with Crippen LogP contribution < -0.4 is 5.73 Å². The molecule has 0 aliphatic heterocycles. The summed E-state index contributed by atoms with van der Waals surface area (Å²) in [5, 5.41) is 24.6. The normalized spacial score (nSPS) is 11.4. The van der Waals surface area contributed by atoms with Crippen LogP contribution in [-0.4, -0.2) is 40.7 Å². The number of nitrogens with two attached hydrogens (primary N) is 1. The summed E-state index contributed by atoms with van der Waals surface area (Å²) >= 11 is 0. The Hall–Kier alpha value is -2.32. The molecule has 0 atom stereocenters. The van der Waals surface area contributed by atoms with Crippen LogP contribution in [0.4, 0.5) is 5.82 Å². The van der Waals surface area contributed by atoms with Gasteiger partial charge >= 0.3 is 0 Å². The lowest BCUT2D eigenvalue weighted by Gasteiger charge is -1.92. The zero-order valence-corrected chi connectivity index (χ0v) is 6.21. The molecule has 0 aliphatic carbocycles. The van der Waals surface area contributed by atoms with Gasteiger partial charge in [0.05, 0.1) is 0 Å². The van der Waals surface area contributed by atoms with Crippen molar-refractivity contribution in [3.05, 3.63) is 0 Å². The van der Waals surface area contributed by atoms with Crippen molar-refractivity contribution in [2.24, 2.45) is 0 Å². The summed E-state index contributed by atoms with van der Waals surface area (Å²) in [6, 6.07) is 0. The molecular weight excluding hydrogens is 174 g/mol. The van der Waals surface area contributed by atoms with Crippen LogP contribution in [0.1, 0.15) is 0 Å². The third-order valence-electron chi connectivity index (χ3n) is 1.67. The van der Waals surface area contributed by atoms with Gasteiger partial charge in [-0.2, -0.15) is 0 Å². The number of aromatic nitrogens is 8. The second kappa shape index (κ2) is 1.88. The summed E-state index contributed by atoms with van der Waals surface area (Å²) in [6.45, 7) is 0. The van der Waals surface area contributed by atoms with Gasteiger partial charge in [0.15, 0.2) is 11.3 Å². The van der Waals surface area contributed by atoms with E-state index in [2.05, 4.69) is 36.0 Å². The van der Waals surface area contributed by atoms with Gasteiger partial charge in [0, 0.05) is 0 Å². The predicted molar refractivity (Wildman–Crippen MR) is 40.4 cm³/mol. The summed E-state index contributed by atoms with van der Waals surface area (Å²) in [7, 11) is 0. The molecule has 13 heavy (non-hydrogen) atoms. The summed E-state index contributed by atoms with van der Waals surface area (Å²) < 4.78 is 1.22. The number of hydrogen-bond acceptors (Lipinski definition) is 7. The number of anilines is 1. The van der Waals surface area contributed by atoms with Crippen LogP contribution in [0.25, 0.3) is 16.7 Å². The van der Waals surface area contributed by atoms with Crippen molar-refractivity contribution in [1.82, 2.24) is 40.7 Å². The second-order valence-electron chi connectivity index (χ2n) is 2.41. The van der Waals surface area contributed by atoms with E-state index in [0.29, 0.717) is 16.7 Å². The van der Waals surface area contributed by atoms with Gasteiger partial charge in [-0.3, -0.25) is 5.10 Å². The highest BCUT2D eigenvalue weighted by molar-refractivity contribution is 5.92. The molecule has 0 aromatic carbocycles. The van der Waals surface area contributed by atoms with Crippen LogP contribution in [0.2, 0.25) is 0 Å². The van der Waals surface area contributed by atoms with E-state index >= 15 is 0 Å². The molecule has 0 radical (unpaired) electrons. The van der Waals surface area contributed by atoms with Gasteiger partial charge < -0.3 is 5.73 Å². The van der Waals surface area contributed by atoms with Crippen molar-refractivity contribution in [1.29, 1.82) is 0 Å². The Kier molecular flexibility index (Phi) is 0.902. The van der Waals surface area contributed by atoms with Crippen molar-refractivity contribution < 1.29 is 0 Å². The van der Waals surface area contributed by atoms with E-state index in [1.54, 1.807) is 0 Å². The van der Waals surface area contributed by atoms with Crippen LogP contribution in [0.15, 0.2) is 0 Å². The summed E-state index contributed by atoms with van der Waals surface area (Å²) in [5.74, 6) is 0.239. The first-order valence-electron chi connectivity index (χ1n) is 3.41. The molecule has 3 aromatic rings. The Morgan fingerprint density at radius 1 is 1.31 bits per heavy atom. The lowest BCUT2D eigenvalue weighted by Crippen LogP contribution is -2.00. The van der Waals surface area contributed by atoms with E-state index in [4.69, 9.17) is 5.73 Å². The van der Waals surface area contributed by atoms with Gasteiger partial charge in [0.25, 0.3) is 0 Å². The number of tetrazole rings is 1. The highest BCUT2D eigenvalue weighted by Gasteiger charge is 2.11. The quantitative estimate of drug-likeness (QED) is 0.422. The van der Waals surface area contributed by atoms with Gasteiger partial charge in [0.1, 0.15) is 5.52 Å². The first-order chi connectivity index (χ1) is 6.36. The highest BCUT2D eigenvalue weighted by atomic mass is 15.6. The number of fused-ring (bicyclic) bond motifs is 3. The Morgan fingerprint density at radius 3 is 3.15 bits per heavy atom. The molecule has 9 nitrogen and oxygen atoms in total. The van der Waals surface area contributed by atoms with Gasteiger partial charge in [-0.15, -0.1) is 19.9 Å². The Morgan fingerprint density at radius 2 is 2.23 bits per heavy atom. The third-order valence-corrected chi connectivity index (χ3v) is 1.67. The van der Waals surface area contributed by atoms with E-state index in [1.165, 1.54) is 4.63 Å².